The number of pyridine rings is 2. The maximum atomic E-state index is 13.4. The minimum Gasteiger partial charge on any atom is -0.382 e. The van der Waals surface area contributed by atoms with Gasteiger partial charge in [-0.05, 0) is 50.1 Å². The third-order valence-corrected chi connectivity index (χ3v) is 7.10. The lowest BCUT2D eigenvalue weighted by molar-refractivity contribution is 0.141. The Balaban J connectivity index is 2.05. The molecular formula is C23H24N4O4S. The van der Waals surface area contributed by atoms with Crippen LogP contribution in [0.3, 0.4) is 0 Å². The molecule has 9 heteroatoms. The average Bonchev–Trinajstić information content (AvgIpc) is 2.79. The van der Waals surface area contributed by atoms with Crippen LogP contribution in [-0.2, 0) is 21.1 Å². The molecule has 1 N–H and O–H groups in total. The van der Waals surface area contributed by atoms with E-state index in [1.807, 2.05) is 19.9 Å². The van der Waals surface area contributed by atoms with Crippen LogP contribution in [-0.4, -0.2) is 35.6 Å². The highest BCUT2D eigenvalue weighted by Gasteiger charge is 2.24. The molecule has 0 unspecified atom stereocenters. The van der Waals surface area contributed by atoms with E-state index in [0.29, 0.717) is 31.8 Å². The van der Waals surface area contributed by atoms with E-state index in [-0.39, 0.29) is 31.9 Å². The van der Waals surface area contributed by atoms with Crippen molar-refractivity contribution in [3.63, 3.8) is 0 Å². The van der Waals surface area contributed by atoms with Gasteiger partial charge < -0.3 is 9.30 Å². The van der Waals surface area contributed by atoms with Crippen molar-refractivity contribution in [2.45, 2.75) is 36.6 Å². The molecule has 0 amide bonds. The van der Waals surface area contributed by atoms with Crippen LogP contribution < -0.4 is 11.0 Å². The Labute approximate surface area is 185 Å². The zero-order valence-corrected chi connectivity index (χ0v) is 18.7. The predicted molar refractivity (Wildman–Crippen MR) is 121 cm³/mol. The predicted octanol–water partition coefficient (Wildman–Crippen LogP) is 2.70. The second-order valence-electron chi connectivity index (χ2n) is 7.41. The van der Waals surface area contributed by atoms with E-state index in [1.165, 1.54) is 27.2 Å². The lowest BCUT2D eigenvalue weighted by atomic mass is 10.2. The van der Waals surface area contributed by atoms with Crippen LogP contribution in [0, 0.1) is 12.3 Å². The van der Waals surface area contributed by atoms with Crippen molar-refractivity contribution in [3.8, 4) is 0 Å². The van der Waals surface area contributed by atoms with Gasteiger partial charge in [0.15, 0.2) is 0 Å². The number of nitrogens with one attached hydrogen (secondary N) is 1. The van der Waals surface area contributed by atoms with Gasteiger partial charge in [-0.3, -0.25) is 14.6 Å². The Morgan fingerprint density at radius 1 is 1.09 bits per heavy atom. The minimum atomic E-state index is -4.01. The molecule has 166 valence electrons. The van der Waals surface area contributed by atoms with Gasteiger partial charge in [-0.2, -0.15) is 0 Å². The summed E-state index contributed by atoms with van der Waals surface area (Å²) in [4.78, 5) is 17.8. The zero-order valence-electron chi connectivity index (χ0n) is 17.9. The Morgan fingerprint density at radius 2 is 1.84 bits per heavy atom. The van der Waals surface area contributed by atoms with Crippen LogP contribution in [0.1, 0.15) is 18.9 Å². The molecule has 0 radical (unpaired) electrons. The van der Waals surface area contributed by atoms with E-state index in [2.05, 4.69) is 4.98 Å². The smallest absolute Gasteiger partial charge is 0.267 e. The summed E-state index contributed by atoms with van der Waals surface area (Å²) in [5.41, 5.74) is 0.985. The molecule has 32 heavy (non-hydrogen) atoms. The van der Waals surface area contributed by atoms with E-state index in [4.69, 9.17) is 10.1 Å². The summed E-state index contributed by atoms with van der Waals surface area (Å²) >= 11 is 0. The summed E-state index contributed by atoms with van der Waals surface area (Å²) in [5.74, 6) is 0. The van der Waals surface area contributed by atoms with E-state index in [9.17, 15) is 13.2 Å². The number of aromatic nitrogens is 3. The molecule has 0 aliphatic heterocycles. The first-order chi connectivity index (χ1) is 15.4. The van der Waals surface area contributed by atoms with Gasteiger partial charge in [0.05, 0.1) is 10.3 Å². The van der Waals surface area contributed by atoms with Crippen molar-refractivity contribution >= 4 is 26.5 Å². The molecule has 8 nitrogen and oxygen atoms in total. The third kappa shape index (κ3) is 3.74. The second kappa shape index (κ2) is 8.68. The van der Waals surface area contributed by atoms with Gasteiger partial charge in [0, 0.05) is 26.0 Å². The first-order valence-electron chi connectivity index (χ1n) is 10.3. The van der Waals surface area contributed by atoms with E-state index < -0.39 is 9.84 Å². The highest BCUT2D eigenvalue weighted by molar-refractivity contribution is 7.91. The van der Waals surface area contributed by atoms with E-state index in [0.717, 1.165) is 5.56 Å². The molecule has 0 aliphatic rings. The van der Waals surface area contributed by atoms with Gasteiger partial charge in [0.2, 0.25) is 9.84 Å². The van der Waals surface area contributed by atoms with Crippen molar-refractivity contribution in [3.05, 3.63) is 76.1 Å². The molecular weight excluding hydrogens is 428 g/mol. The molecule has 4 aromatic rings. The maximum Gasteiger partial charge on any atom is 0.267 e. The highest BCUT2D eigenvalue weighted by Crippen LogP contribution is 2.21. The van der Waals surface area contributed by atoms with Gasteiger partial charge >= 0.3 is 0 Å². The van der Waals surface area contributed by atoms with E-state index >= 15 is 0 Å². The topological polar surface area (TPSA) is 107 Å². The van der Waals surface area contributed by atoms with Crippen LogP contribution in [0.4, 0.5) is 0 Å². The number of fused-ring (bicyclic) bond motifs is 2. The Morgan fingerprint density at radius 3 is 2.56 bits per heavy atom. The largest absolute Gasteiger partial charge is 0.382 e. The fourth-order valence-electron chi connectivity index (χ4n) is 3.69. The SMILES string of the molecule is CCOCCCn1c(=N)c(S(=O)(=O)c2ccccc2)cc2c(=O)n3cccc(C)c3nc21. The average molecular weight is 453 g/mol. The number of rotatable bonds is 7. The van der Waals surface area contributed by atoms with Gasteiger partial charge in [-0.15, -0.1) is 0 Å². The maximum absolute atomic E-state index is 13.4. The number of sulfone groups is 1. The molecule has 4 rings (SSSR count). The van der Waals surface area contributed by atoms with Crippen molar-refractivity contribution in [2.24, 2.45) is 0 Å². The zero-order chi connectivity index (χ0) is 22.9. The fourth-order valence-corrected chi connectivity index (χ4v) is 5.10. The standard InChI is InChI=1S/C23H24N4O4S/c1-3-31-14-8-13-26-20(24)19(32(29,30)17-10-5-4-6-11-17)15-18-22(26)25-21-16(2)9-7-12-27(21)23(18)28/h4-7,9-12,15,24H,3,8,13-14H2,1-2H3. The molecule has 0 spiro atoms. The number of benzene rings is 1. The number of ether oxygens (including phenoxy) is 1. The van der Waals surface area contributed by atoms with Crippen LogP contribution in [0.2, 0.25) is 0 Å². The number of aryl methyl sites for hydroxylation is 2. The second-order valence-corrected chi connectivity index (χ2v) is 9.33. The Kier molecular flexibility index (Phi) is 5.94. The monoisotopic (exact) mass is 452 g/mol. The van der Waals surface area contributed by atoms with Crippen molar-refractivity contribution in [2.75, 3.05) is 13.2 Å². The van der Waals surface area contributed by atoms with Crippen molar-refractivity contribution in [1.82, 2.24) is 14.0 Å². The third-order valence-electron chi connectivity index (χ3n) is 5.32. The molecule has 0 bridgehead atoms. The first kappa shape index (κ1) is 21.9. The molecule has 1 aromatic carbocycles. The van der Waals surface area contributed by atoms with Crippen LogP contribution in [0.15, 0.2) is 69.3 Å². The van der Waals surface area contributed by atoms with Crippen LogP contribution >= 0.6 is 0 Å². The minimum absolute atomic E-state index is 0.0680. The highest BCUT2D eigenvalue weighted by atomic mass is 32.2. The van der Waals surface area contributed by atoms with Gasteiger partial charge in [-0.1, -0.05) is 24.3 Å². The quantitative estimate of drug-likeness (QED) is 0.343. The molecule has 3 heterocycles. The first-order valence-corrected chi connectivity index (χ1v) is 11.8. The fraction of sp³-hybridized carbons (Fsp3) is 0.261. The summed E-state index contributed by atoms with van der Waals surface area (Å²) in [6, 6.07) is 12.8. The Hall–Kier alpha value is -3.30. The van der Waals surface area contributed by atoms with Crippen molar-refractivity contribution < 1.29 is 13.2 Å². The summed E-state index contributed by atoms with van der Waals surface area (Å²) < 4.78 is 35.1. The lowest BCUT2D eigenvalue weighted by Crippen LogP contribution is -2.30. The number of nitrogens with zero attached hydrogens (tertiary/aromatic N) is 3. The van der Waals surface area contributed by atoms with Crippen molar-refractivity contribution in [1.29, 1.82) is 5.41 Å². The molecule has 3 aromatic heterocycles. The van der Waals surface area contributed by atoms with Gasteiger partial charge in [-0.25, -0.2) is 13.4 Å². The van der Waals surface area contributed by atoms with E-state index in [1.54, 1.807) is 30.5 Å². The summed E-state index contributed by atoms with van der Waals surface area (Å²) in [6.45, 7) is 5.05. The molecule has 0 aliphatic carbocycles. The van der Waals surface area contributed by atoms with Crippen LogP contribution in [0.25, 0.3) is 16.7 Å². The van der Waals surface area contributed by atoms with Crippen LogP contribution in [0.5, 0.6) is 0 Å². The van der Waals surface area contributed by atoms with Gasteiger partial charge in [0.25, 0.3) is 5.56 Å². The molecule has 0 saturated heterocycles. The Bertz CT molecular complexity index is 1520. The summed E-state index contributed by atoms with van der Waals surface area (Å²) in [5, 5.41) is 8.89. The normalized spacial score (nSPS) is 11.9. The van der Waals surface area contributed by atoms with Gasteiger partial charge in [0.1, 0.15) is 21.7 Å². The molecule has 0 saturated carbocycles. The lowest BCUT2D eigenvalue weighted by Gasteiger charge is -2.15. The summed E-state index contributed by atoms with van der Waals surface area (Å²) in [6.07, 6.45) is 2.15. The number of hydrogen-bond acceptors (Lipinski definition) is 6. The molecule has 0 atom stereocenters. The molecule has 0 fully saturated rings. The number of hydrogen-bond donors (Lipinski definition) is 1. The summed E-state index contributed by atoms with van der Waals surface area (Å²) in [7, 11) is -4.01.